The summed E-state index contributed by atoms with van der Waals surface area (Å²) in [5, 5.41) is 0. The molecule has 0 bridgehead atoms. The number of carbonyl (C=O) groups excluding carboxylic acids is 3. The lowest BCUT2D eigenvalue weighted by molar-refractivity contribution is -0.160. The molecular formula is C25H28FNO4. The number of hydrogen-bond acceptors (Lipinski definition) is 4. The molecule has 1 heterocycles. The lowest BCUT2D eigenvalue weighted by Crippen LogP contribution is -2.51. The quantitative estimate of drug-likeness (QED) is 0.470. The third kappa shape index (κ3) is 5.78. The van der Waals surface area contributed by atoms with E-state index in [0.717, 1.165) is 5.56 Å². The van der Waals surface area contributed by atoms with Crippen LogP contribution in [0.1, 0.15) is 48.5 Å². The van der Waals surface area contributed by atoms with Crippen LogP contribution in [0.2, 0.25) is 0 Å². The molecule has 2 aromatic carbocycles. The standard InChI is InChI=1S/C25H28FNO4/c1-2-31-24(30)25(17-19-9-11-21(26)12-10-19)15-6-16-27(18-25)23(29)14-13-22(28)20-7-4-3-5-8-20/h3-5,7-12H,2,6,13-18H2,1H3. The number of carbonyl (C=O) groups is 3. The van der Waals surface area contributed by atoms with Crippen LogP contribution >= 0.6 is 0 Å². The van der Waals surface area contributed by atoms with Crippen LogP contribution in [0.15, 0.2) is 54.6 Å². The first-order valence-corrected chi connectivity index (χ1v) is 10.7. The third-order valence-electron chi connectivity index (χ3n) is 5.76. The summed E-state index contributed by atoms with van der Waals surface area (Å²) in [4.78, 5) is 39.8. The minimum Gasteiger partial charge on any atom is -0.466 e. The van der Waals surface area contributed by atoms with Gasteiger partial charge in [-0.2, -0.15) is 0 Å². The molecule has 1 fully saturated rings. The van der Waals surface area contributed by atoms with E-state index in [1.165, 1.54) is 12.1 Å². The number of nitrogens with zero attached hydrogens (tertiary/aromatic N) is 1. The van der Waals surface area contributed by atoms with Crippen LogP contribution in [0.3, 0.4) is 0 Å². The first-order chi connectivity index (χ1) is 14.9. The SMILES string of the molecule is CCOC(=O)C1(Cc2ccc(F)cc2)CCCN(C(=O)CCC(=O)c2ccccc2)C1. The second-order valence-electron chi connectivity index (χ2n) is 8.01. The van der Waals surface area contributed by atoms with Crippen molar-refractivity contribution >= 4 is 17.7 Å². The van der Waals surface area contributed by atoms with Gasteiger partial charge in [-0.05, 0) is 43.9 Å². The van der Waals surface area contributed by atoms with Gasteiger partial charge in [-0.15, -0.1) is 0 Å². The van der Waals surface area contributed by atoms with Crippen LogP contribution in [0.25, 0.3) is 0 Å². The molecule has 1 amide bonds. The molecule has 3 rings (SSSR count). The Morgan fingerprint density at radius 3 is 2.42 bits per heavy atom. The fraction of sp³-hybridized carbons (Fsp3) is 0.400. The van der Waals surface area contributed by atoms with Gasteiger partial charge in [0.2, 0.25) is 5.91 Å². The van der Waals surface area contributed by atoms with Crippen LogP contribution in [-0.4, -0.2) is 42.3 Å². The Morgan fingerprint density at radius 2 is 1.74 bits per heavy atom. The van der Waals surface area contributed by atoms with E-state index in [0.29, 0.717) is 31.4 Å². The number of esters is 1. The number of Topliss-reactive ketones (excluding diaryl/α,β-unsaturated/α-hetero) is 1. The molecule has 1 aliphatic rings. The van der Waals surface area contributed by atoms with E-state index < -0.39 is 5.41 Å². The Labute approximate surface area is 182 Å². The van der Waals surface area contributed by atoms with Crippen molar-refractivity contribution in [3.05, 3.63) is 71.5 Å². The highest BCUT2D eigenvalue weighted by atomic mass is 19.1. The number of amides is 1. The molecule has 0 aromatic heterocycles. The topological polar surface area (TPSA) is 63.7 Å². The van der Waals surface area contributed by atoms with Crippen molar-refractivity contribution < 1.29 is 23.5 Å². The van der Waals surface area contributed by atoms with Crippen molar-refractivity contribution in [3.8, 4) is 0 Å². The molecule has 5 nitrogen and oxygen atoms in total. The largest absolute Gasteiger partial charge is 0.466 e. The molecule has 0 radical (unpaired) electrons. The Hall–Kier alpha value is -3.02. The highest BCUT2D eigenvalue weighted by Crippen LogP contribution is 2.36. The van der Waals surface area contributed by atoms with E-state index in [-0.39, 0.29) is 49.5 Å². The zero-order valence-corrected chi connectivity index (χ0v) is 17.8. The van der Waals surface area contributed by atoms with Crippen molar-refractivity contribution in [2.24, 2.45) is 5.41 Å². The molecule has 31 heavy (non-hydrogen) atoms. The van der Waals surface area contributed by atoms with Crippen molar-refractivity contribution in [1.29, 1.82) is 0 Å². The predicted octanol–water partition coefficient (Wildman–Crippen LogP) is 4.20. The van der Waals surface area contributed by atoms with E-state index >= 15 is 0 Å². The molecule has 164 valence electrons. The van der Waals surface area contributed by atoms with Gasteiger partial charge in [-0.3, -0.25) is 14.4 Å². The van der Waals surface area contributed by atoms with Crippen molar-refractivity contribution in [1.82, 2.24) is 4.90 Å². The highest BCUT2D eigenvalue weighted by Gasteiger charge is 2.44. The van der Waals surface area contributed by atoms with Gasteiger partial charge >= 0.3 is 5.97 Å². The maximum Gasteiger partial charge on any atom is 0.314 e. The molecule has 6 heteroatoms. The number of ether oxygens (including phenoxy) is 1. The maximum absolute atomic E-state index is 13.3. The Morgan fingerprint density at radius 1 is 1.03 bits per heavy atom. The van der Waals surface area contributed by atoms with Gasteiger partial charge in [0.05, 0.1) is 12.0 Å². The van der Waals surface area contributed by atoms with Gasteiger partial charge in [0.25, 0.3) is 0 Å². The first kappa shape index (κ1) is 22.7. The van der Waals surface area contributed by atoms with Gasteiger partial charge in [-0.25, -0.2) is 4.39 Å². The van der Waals surface area contributed by atoms with Crippen LogP contribution in [0.5, 0.6) is 0 Å². The van der Waals surface area contributed by atoms with Crippen LogP contribution < -0.4 is 0 Å². The van der Waals surface area contributed by atoms with Gasteiger partial charge in [0.15, 0.2) is 5.78 Å². The Kier molecular flexibility index (Phi) is 7.55. The second-order valence-corrected chi connectivity index (χ2v) is 8.01. The summed E-state index contributed by atoms with van der Waals surface area (Å²) >= 11 is 0. The second kappa shape index (κ2) is 10.3. The normalized spacial score (nSPS) is 18.5. The number of hydrogen-bond donors (Lipinski definition) is 0. The zero-order chi connectivity index (χ0) is 22.3. The molecular weight excluding hydrogens is 397 g/mol. The molecule has 0 N–H and O–H groups in total. The molecule has 1 unspecified atom stereocenters. The van der Waals surface area contributed by atoms with E-state index in [1.54, 1.807) is 48.2 Å². The van der Waals surface area contributed by atoms with Crippen molar-refractivity contribution in [2.75, 3.05) is 19.7 Å². The van der Waals surface area contributed by atoms with E-state index in [2.05, 4.69) is 0 Å². The number of piperidine rings is 1. The molecule has 1 atom stereocenters. The predicted molar refractivity (Wildman–Crippen MR) is 115 cm³/mol. The minimum atomic E-state index is -0.870. The van der Waals surface area contributed by atoms with Gasteiger partial charge < -0.3 is 9.64 Å². The molecule has 0 aliphatic carbocycles. The smallest absolute Gasteiger partial charge is 0.314 e. The van der Waals surface area contributed by atoms with E-state index in [1.807, 2.05) is 6.07 Å². The molecule has 0 spiro atoms. The third-order valence-corrected chi connectivity index (χ3v) is 5.76. The van der Waals surface area contributed by atoms with Gasteiger partial charge in [0.1, 0.15) is 5.82 Å². The summed E-state index contributed by atoms with van der Waals surface area (Å²) in [5.41, 5.74) is 0.541. The average molecular weight is 426 g/mol. The minimum absolute atomic E-state index is 0.0751. The van der Waals surface area contributed by atoms with Crippen molar-refractivity contribution in [3.63, 3.8) is 0 Å². The molecule has 1 aliphatic heterocycles. The summed E-state index contributed by atoms with van der Waals surface area (Å²) in [5.74, 6) is -0.889. The van der Waals surface area contributed by atoms with E-state index in [9.17, 15) is 18.8 Å². The fourth-order valence-corrected chi connectivity index (χ4v) is 4.15. The summed E-state index contributed by atoms with van der Waals surface area (Å²) < 4.78 is 18.7. The van der Waals surface area contributed by atoms with Crippen molar-refractivity contribution in [2.45, 2.75) is 39.0 Å². The first-order valence-electron chi connectivity index (χ1n) is 10.7. The summed E-state index contributed by atoms with van der Waals surface area (Å²) in [7, 11) is 0. The molecule has 1 saturated heterocycles. The number of ketones is 1. The molecule has 0 saturated carbocycles. The number of rotatable bonds is 8. The highest BCUT2D eigenvalue weighted by molar-refractivity contribution is 5.98. The average Bonchev–Trinajstić information content (AvgIpc) is 2.79. The Bertz CT molecular complexity index is 913. The lowest BCUT2D eigenvalue weighted by atomic mass is 9.75. The molecule has 2 aromatic rings. The zero-order valence-electron chi connectivity index (χ0n) is 17.8. The van der Waals surface area contributed by atoms with Crippen LogP contribution in [0, 0.1) is 11.2 Å². The summed E-state index contributed by atoms with van der Waals surface area (Å²) in [6, 6.07) is 15.0. The maximum atomic E-state index is 13.3. The number of likely N-dealkylation sites (tertiary alicyclic amines) is 1. The Balaban J connectivity index is 1.70. The van der Waals surface area contributed by atoms with E-state index in [4.69, 9.17) is 4.74 Å². The number of halogens is 1. The summed E-state index contributed by atoms with van der Waals surface area (Å²) in [6.07, 6.45) is 1.86. The van der Waals surface area contributed by atoms with Gasteiger partial charge in [-0.1, -0.05) is 42.5 Å². The lowest BCUT2D eigenvalue weighted by Gasteiger charge is -2.41. The number of benzene rings is 2. The van der Waals surface area contributed by atoms with Crippen LogP contribution in [-0.2, 0) is 20.7 Å². The van der Waals surface area contributed by atoms with Crippen LogP contribution in [0.4, 0.5) is 4.39 Å². The fourth-order valence-electron chi connectivity index (χ4n) is 4.15. The monoisotopic (exact) mass is 425 g/mol. The summed E-state index contributed by atoms with van der Waals surface area (Å²) in [6.45, 7) is 2.79. The van der Waals surface area contributed by atoms with Gasteiger partial charge in [0, 0.05) is 31.5 Å².